The number of hydrogen-bond donors (Lipinski definition) is 1. The van der Waals surface area contributed by atoms with Crippen molar-refractivity contribution in [3.05, 3.63) is 63.7 Å². The van der Waals surface area contributed by atoms with Crippen LogP contribution in [0.2, 0.25) is 10.0 Å². The van der Waals surface area contributed by atoms with Crippen LogP contribution in [0.15, 0.2) is 42.5 Å². The second-order valence-electron chi connectivity index (χ2n) is 4.71. The topological polar surface area (TPSA) is 33.7 Å². The SMILES string of the molecule is Cl.Cn1c(=N)n(Cc2ccc(Cl)c(Cl)c2)c2ccccc21. The smallest absolute Gasteiger partial charge is 0.203 e. The average Bonchev–Trinajstić information content (AvgIpc) is 2.69. The number of halogens is 3. The third-order valence-electron chi connectivity index (χ3n) is 3.43. The van der Waals surface area contributed by atoms with E-state index in [1.807, 2.05) is 52.6 Å². The van der Waals surface area contributed by atoms with E-state index in [0.717, 1.165) is 16.6 Å². The fourth-order valence-corrected chi connectivity index (χ4v) is 2.69. The van der Waals surface area contributed by atoms with Crippen LogP contribution in [0.1, 0.15) is 5.56 Å². The van der Waals surface area contributed by atoms with Crippen molar-refractivity contribution in [2.24, 2.45) is 7.05 Å². The van der Waals surface area contributed by atoms with E-state index < -0.39 is 0 Å². The number of fused-ring (bicyclic) bond motifs is 1. The number of rotatable bonds is 2. The average molecular weight is 343 g/mol. The Labute approximate surface area is 138 Å². The Bertz CT molecular complexity index is 849. The highest BCUT2D eigenvalue weighted by Gasteiger charge is 2.08. The first kappa shape index (κ1) is 16.0. The third kappa shape index (κ3) is 2.82. The molecule has 0 fully saturated rings. The van der Waals surface area contributed by atoms with Crippen LogP contribution < -0.4 is 5.62 Å². The van der Waals surface area contributed by atoms with Crippen molar-refractivity contribution in [2.45, 2.75) is 6.54 Å². The summed E-state index contributed by atoms with van der Waals surface area (Å²) in [7, 11) is 1.90. The van der Waals surface area contributed by atoms with Gasteiger partial charge in [-0.25, -0.2) is 0 Å². The van der Waals surface area contributed by atoms with Crippen LogP contribution in [0, 0.1) is 5.41 Å². The maximum atomic E-state index is 8.24. The van der Waals surface area contributed by atoms with E-state index >= 15 is 0 Å². The molecule has 1 aromatic heterocycles. The van der Waals surface area contributed by atoms with Crippen molar-refractivity contribution < 1.29 is 0 Å². The van der Waals surface area contributed by atoms with E-state index in [-0.39, 0.29) is 12.4 Å². The molecule has 0 unspecified atom stereocenters. The maximum Gasteiger partial charge on any atom is 0.203 e. The van der Waals surface area contributed by atoms with Gasteiger partial charge in [-0.2, -0.15) is 0 Å². The Morgan fingerprint density at radius 3 is 2.33 bits per heavy atom. The van der Waals surface area contributed by atoms with Crippen molar-refractivity contribution in [3.8, 4) is 0 Å². The molecule has 3 nitrogen and oxygen atoms in total. The Kier molecular flexibility index (Phi) is 4.67. The molecule has 0 aliphatic carbocycles. The summed E-state index contributed by atoms with van der Waals surface area (Å²) in [5, 5.41) is 9.32. The largest absolute Gasteiger partial charge is 0.313 e. The summed E-state index contributed by atoms with van der Waals surface area (Å²) < 4.78 is 3.82. The second-order valence-corrected chi connectivity index (χ2v) is 5.52. The Morgan fingerprint density at radius 2 is 1.67 bits per heavy atom. The Morgan fingerprint density at radius 1 is 1.00 bits per heavy atom. The molecule has 0 amide bonds. The minimum absolute atomic E-state index is 0. The van der Waals surface area contributed by atoms with Crippen molar-refractivity contribution in [1.82, 2.24) is 9.13 Å². The molecule has 6 heteroatoms. The molecule has 0 spiro atoms. The third-order valence-corrected chi connectivity index (χ3v) is 4.17. The maximum absolute atomic E-state index is 8.24. The number of imidazole rings is 1. The highest BCUT2D eigenvalue weighted by molar-refractivity contribution is 6.42. The number of nitrogens with one attached hydrogen (secondary N) is 1. The van der Waals surface area contributed by atoms with Crippen LogP contribution in [0.5, 0.6) is 0 Å². The van der Waals surface area contributed by atoms with Crippen molar-refractivity contribution in [3.63, 3.8) is 0 Å². The fourth-order valence-electron chi connectivity index (χ4n) is 2.37. The van der Waals surface area contributed by atoms with Crippen LogP contribution in [0.25, 0.3) is 11.0 Å². The normalized spacial score (nSPS) is 10.6. The predicted molar refractivity (Wildman–Crippen MR) is 89.6 cm³/mol. The molecule has 0 atom stereocenters. The fraction of sp³-hybridized carbons (Fsp3) is 0.133. The minimum atomic E-state index is 0. The first-order chi connectivity index (χ1) is 9.58. The number of hydrogen-bond acceptors (Lipinski definition) is 1. The minimum Gasteiger partial charge on any atom is -0.313 e. The van der Waals surface area contributed by atoms with E-state index in [1.54, 1.807) is 6.07 Å². The molecule has 110 valence electrons. The van der Waals surface area contributed by atoms with Crippen molar-refractivity contribution in [1.29, 1.82) is 5.41 Å². The van der Waals surface area contributed by atoms with E-state index in [4.69, 9.17) is 28.6 Å². The van der Waals surface area contributed by atoms with Gasteiger partial charge in [-0.3, -0.25) is 5.41 Å². The van der Waals surface area contributed by atoms with Crippen LogP contribution in [0.4, 0.5) is 0 Å². The molecule has 1 heterocycles. The summed E-state index contributed by atoms with van der Waals surface area (Å²) in [4.78, 5) is 0. The Hall–Kier alpha value is -1.42. The van der Waals surface area contributed by atoms with Gasteiger partial charge in [0.05, 0.1) is 27.6 Å². The van der Waals surface area contributed by atoms with E-state index in [9.17, 15) is 0 Å². The van der Waals surface area contributed by atoms with Gasteiger partial charge in [-0.05, 0) is 29.8 Å². The zero-order chi connectivity index (χ0) is 14.3. The van der Waals surface area contributed by atoms with Crippen molar-refractivity contribution >= 4 is 46.6 Å². The number of nitrogens with zero attached hydrogens (tertiary/aromatic N) is 2. The lowest BCUT2D eigenvalue weighted by atomic mass is 10.2. The molecule has 0 saturated carbocycles. The monoisotopic (exact) mass is 341 g/mol. The molecule has 0 aliphatic heterocycles. The van der Waals surface area contributed by atoms with Crippen LogP contribution in [-0.4, -0.2) is 9.13 Å². The molecule has 1 N–H and O–H groups in total. The highest BCUT2D eigenvalue weighted by Crippen LogP contribution is 2.23. The van der Waals surface area contributed by atoms with Gasteiger partial charge < -0.3 is 9.13 Å². The van der Waals surface area contributed by atoms with E-state index in [0.29, 0.717) is 22.2 Å². The zero-order valence-corrected chi connectivity index (χ0v) is 13.6. The number of benzene rings is 2. The molecule has 21 heavy (non-hydrogen) atoms. The molecule has 0 saturated heterocycles. The molecular formula is C15H14Cl3N3. The van der Waals surface area contributed by atoms with Gasteiger partial charge in [0.2, 0.25) is 5.62 Å². The summed E-state index contributed by atoms with van der Waals surface area (Å²) in [6.07, 6.45) is 0. The lowest BCUT2D eigenvalue weighted by molar-refractivity contribution is 0.695. The quantitative estimate of drug-likeness (QED) is 0.723. The summed E-state index contributed by atoms with van der Waals surface area (Å²) in [6, 6.07) is 13.6. The van der Waals surface area contributed by atoms with E-state index in [2.05, 4.69) is 0 Å². The molecule has 0 bridgehead atoms. The van der Waals surface area contributed by atoms with Crippen molar-refractivity contribution in [2.75, 3.05) is 0 Å². The Balaban J connectivity index is 0.00000161. The van der Waals surface area contributed by atoms with Gasteiger partial charge in [0.1, 0.15) is 0 Å². The molecule has 3 aromatic rings. The van der Waals surface area contributed by atoms with E-state index in [1.165, 1.54) is 0 Å². The zero-order valence-electron chi connectivity index (χ0n) is 11.3. The second kappa shape index (κ2) is 6.14. The van der Waals surface area contributed by atoms with Gasteiger partial charge in [0.25, 0.3) is 0 Å². The van der Waals surface area contributed by atoms with Crippen LogP contribution in [-0.2, 0) is 13.6 Å². The van der Waals surface area contributed by atoms with Crippen LogP contribution in [0.3, 0.4) is 0 Å². The molecule has 0 radical (unpaired) electrons. The molecule has 2 aromatic carbocycles. The first-order valence-corrected chi connectivity index (χ1v) is 6.96. The van der Waals surface area contributed by atoms with Gasteiger partial charge in [-0.15, -0.1) is 12.4 Å². The van der Waals surface area contributed by atoms with Gasteiger partial charge in [0.15, 0.2) is 0 Å². The number of aryl methyl sites for hydroxylation is 1. The number of aromatic nitrogens is 2. The molecule has 0 aliphatic rings. The van der Waals surface area contributed by atoms with Gasteiger partial charge in [0, 0.05) is 7.05 Å². The summed E-state index contributed by atoms with van der Waals surface area (Å²) in [6.45, 7) is 0.594. The number of para-hydroxylation sites is 2. The summed E-state index contributed by atoms with van der Waals surface area (Å²) >= 11 is 12.0. The summed E-state index contributed by atoms with van der Waals surface area (Å²) in [5.74, 6) is 0. The molecular weight excluding hydrogens is 329 g/mol. The van der Waals surface area contributed by atoms with Crippen LogP contribution >= 0.6 is 35.6 Å². The predicted octanol–water partition coefficient (Wildman–Crippen LogP) is 4.24. The van der Waals surface area contributed by atoms with Gasteiger partial charge in [-0.1, -0.05) is 41.4 Å². The molecule has 3 rings (SSSR count). The first-order valence-electron chi connectivity index (χ1n) is 6.20. The van der Waals surface area contributed by atoms with Gasteiger partial charge >= 0.3 is 0 Å². The lowest BCUT2D eigenvalue weighted by Gasteiger charge is -2.06. The lowest BCUT2D eigenvalue weighted by Crippen LogP contribution is -2.23. The standard InChI is InChI=1S/C15H13Cl2N3.ClH/c1-19-13-4-2-3-5-14(13)20(15(19)18)9-10-6-7-11(16)12(17)8-10;/h2-8,18H,9H2,1H3;1H. The highest BCUT2D eigenvalue weighted by atomic mass is 35.5. The summed E-state index contributed by atoms with van der Waals surface area (Å²) in [5.41, 5.74) is 3.55.